The average Bonchev–Trinajstić information content (AvgIpc) is 2.75. The van der Waals surface area contributed by atoms with E-state index in [0.29, 0.717) is 23.4 Å². The fourth-order valence-electron chi connectivity index (χ4n) is 2.45. The zero-order valence-electron chi connectivity index (χ0n) is 17.1. The number of amides is 1. The molecule has 0 radical (unpaired) electrons. The van der Waals surface area contributed by atoms with E-state index in [4.69, 9.17) is 9.47 Å². The van der Waals surface area contributed by atoms with Crippen LogP contribution in [0.3, 0.4) is 0 Å². The van der Waals surface area contributed by atoms with Gasteiger partial charge in [0.15, 0.2) is 12.4 Å². The second kappa shape index (κ2) is 11.5. The second-order valence-corrected chi connectivity index (χ2v) is 6.71. The standard InChI is InChI=1S/C23H25NO6/c1-3-14-29-23(28)18-8-10-19(11-9-18)24-21(26)12-13-22(27)30-15-20(25)17-6-4-16(2)5-7-17/h4-11H,3,12-15H2,1-2H3,(H,24,26). The van der Waals surface area contributed by atoms with Crippen LogP contribution in [0.2, 0.25) is 0 Å². The molecule has 2 rings (SSSR count). The number of Topliss-reactive ketones (excluding diaryl/α,β-unsaturated/α-hetero) is 1. The Morgan fingerprint density at radius 1 is 0.833 bits per heavy atom. The summed E-state index contributed by atoms with van der Waals surface area (Å²) in [5, 5.41) is 2.64. The Morgan fingerprint density at radius 2 is 1.47 bits per heavy atom. The van der Waals surface area contributed by atoms with Crippen molar-refractivity contribution in [3.63, 3.8) is 0 Å². The van der Waals surface area contributed by atoms with E-state index in [0.717, 1.165) is 12.0 Å². The van der Waals surface area contributed by atoms with Crippen molar-refractivity contribution in [3.05, 3.63) is 65.2 Å². The van der Waals surface area contributed by atoms with Crippen LogP contribution in [-0.2, 0) is 19.1 Å². The van der Waals surface area contributed by atoms with Gasteiger partial charge in [-0.1, -0.05) is 36.8 Å². The first-order chi connectivity index (χ1) is 14.4. The monoisotopic (exact) mass is 411 g/mol. The highest BCUT2D eigenvalue weighted by molar-refractivity contribution is 5.98. The van der Waals surface area contributed by atoms with E-state index in [1.165, 1.54) is 0 Å². The zero-order valence-corrected chi connectivity index (χ0v) is 17.1. The smallest absolute Gasteiger partial charge is 0.338 e. The predicted octanol–water partition coefficient (Wildman–Crippen LogP) is 3.71. The fraction of sp³-hybridized carbons (Fsp3) is 0.304. The first-order valence-corrected chi connectivity index (χ1v) is 9.71. The molecule has 0 aliphatic heterocycles. The number of ether oxygens (including phenoxy) is 2. The van der Waals surface area contributed by atoms with E-state index in [9.17, 15) is 19.2 Å². The highest BCUT2D eigenvalue weighted by Gasteiger charge is 2.12. The van der Waals surface area contributed by atoms with Gasteiger partial charge in [0, 0.05) is 17.7 Å². The van der Waals surface area contributed by atoms with Crippen LogP contribution < -0.4 is 5.32 Å². The molecule has 2 aromatic rings. The number of benzene rings is 2. The molecule has 1 N–H and O–H groups in total. The molecular weight excluding hydrogens is 386 g/mol. The summed E-state index contributed by atoms with van der Waals surface area (Å²) in [6, 6.07) is 13.2. The Labute approximate surface area is 175 Å². The molecule has 0 bridgehead atoms. The fourth-order valence-corrected chi connectivity index (χ4v) is 2.45. The number of rotatable bonds is 10. The summed E-state index contributed by atoms with van der Waals surface area (Å²) < 4.78 is 9.98. The van der Waals surface area contributed by atoms with Crippen molar-refractivity contribution >= 4 is 29.3 Å². The van der Waals surface area contributed by atoms with E-state index in [1.807, 2.05) is 13.8 Å². The number of ketones is 1. The van der Waals surface area contributed by atoms with Gasteiger partial charge in [0.2, 0.25) is 5.91 Å². The van der Waals surface area contributed by atoms with Gasteiger partial charge in [-0.2, -0.15) is 0 Å². The molecule has 2 aromatic carbocycles. The summed E-state index contributed by atoms with van der Waals surface area (Å²) in [5.74, 6) is -1.72. The molecule has 0 atom stereocenters. The van der Waals surface area contributed by atoms with E-state index < -0.39 is 11.9 Å². The van der Waals surface area contributed by atoms with Crippen LogP contribution in [0.5, 0.6) is 0 Å². The number of hydrogen-bond acceptors (Lipinski definition) is 6. The first kappa shape index (κ1) is 22.8. The van der Waals surface area contributed by atoms with Crippen molar-refractivity contribution < 1.29 is 28.7 Å². The van der Waals surface area contributed by atoms with Gasteiger partial charge >= 0.3 is 11.9 Å². The van der Waals surface area contributed by atoms with Gasteiger partial charge in [-0.25, -0.2) is 4.79 Å². The summed E-state index contributed by atoms with van der Waals surface area (Å²) in [6.45, 7) is 3.81. The number of anilines is 1. The Morgan fingerprint density at radius 3 is 2.10 bits per heavy atom. The molecule has 0 aliphatic rings. The van der Waals surface area contributed by atoms with Gasteiger partial charge in [-0.3, -0.25) is 14.4 Å². The van der Waals surface area contributed by atoms with Crippen LogP contribution in [0.25, 0.3) is 0 Å². The third kappa shape index (κ3) is 7.50. The van der Waals surface area contributed by atoms with Crippen molar-refractivity contribution in [1.82, 2.24) is 0 Å². The minimum absolute atomic E-state index is 0.0855. The lowest BCUT2D eigenvalue weighted by Crippen LogP contribution is -2.17. The van der Waals surface area contributed by atoms with Gasteiger partial charge in [0.1, 0.15) is 0 Å². The molecule has 0 heterocycles. The molecule has 7 heteroatoms. The normalized spacial score (nSPS) is 10.2. The third-order valence-electron chi connectivity index (χ3n) is 4.14. The molecule has 0 spiro atoms. The zero-order chi connectivity index (χ0) is 21.9. The molecule has 0 saturated carbocycles. The Kier molecular flexibility index (Phi) is 8.75. The molecule has 0 aliphatic carbocycles. The Balaban J connectivity index is 1.72. The number of esters is 2. The van der Waals surface area contributed by atoms with Crippen molar-refractivity contribution in [2.24, 2.45) is 0 Å². The maximum Gasteiger partial charge on any atom is 0.338 e. The van der Waals surface area contributed by atoms with Crippen molar-refractivity contribution in [2.75, 3.05) is 18.5 Å². The average molecular weight is 411 g/mol. The summed E-state index contributed by atoms with van der Waals surface area (Å²) >= 11 is 0. The molecule has 0 unspecified atom stereocenters. The van der Waals surface area contributed by atoms with E-state index >= 15 is 0 Å². The highest BCUT2D eigenvalue weighted by atomic mass is 16.5. The topological polar surface area (TPSA) is 98.8 Å². The van der Waals surface area contributed by atoms with Gasteiger partial charge in [0.05, 0.1) is 18.6 Å². The van der Waals surface area contributed by atoms with Crippen LogP contribution in [0.15, 0.2) is 48.5 Å². The lowest BCUT2D eigenvalue weighted by atomic mass is 10.1. The summed E-state index contributed by atoms with van der Waals surface area (Å²) in [4.78, 5) is 47.5. The van der Waals surface area contributed by atoms with E-state index in [2.05, 4.69) is 5.32 Å². The van der Waals surface area contributed by atoms with Gasteiger partial charge in [-0.05, 0) is 37.6 Å². The summed E-state index contributed by atoms with van der Waals surface area (Å²) in [6.07, 6.45) is 0.509. The molecular formula is C23H25NO6. The minimum atomic E-state index is -0.625. The first-order valence-electron chi connectivity index (χ1n) is 9.71. The number of carbonyl (C=O) groups is 4. The van der Waals surface area contributed by atoms with Crippen LogP contribution in [0.1, 0.15) is 52.5 Å². The number of hydrogen-bond donors (Lipinski definition) is 1. The molecule has 0 fully saturated rings. The quantitative estimate of drug-likeness (QED) is 0.473. The number of carbonyl (C=O) groups excluding carboxylic acids is 4. The molecule has 0 saturated heterocycles. The van der Waals surface area contributed by atoms with Crippen molar-refractivity contribution in [3.8, 4) is 0 Å². The van der Waals surface area contributed by atoms with Crippen molar-refractivity contribution in [2.45, 2.75) is 33.1 Å². The van der Waals surface area contributed by atoms with Gasteiger partial charge < -0.3 is 14.8 Å². The summed E-state index contributed by atoms with van der Waals surface area (Å²) in [5.41, 5.74) is 2.38. The van der Waals surface area contributed by atoms with E-state index in [-0.39, 0.29) is 31.1 Å². The SMILES string of the molecule is CCCOC(=O)c1ccc(NC(=O)CCC(=O)OCC(=O)c2ccc(C)cc2)cc1. The molecule has 7 nitrogen and oxygen atoms in total. The molecule has 30 heavy (non-hydrogen) atoms. The minimum Gasteiger partial charge on any atom is -0.462 e. The highest BCUT2D eigenvalue weighted by Crippen LogP contribution is 2.12. The molecule has 158 valence electrons. The Bertz CT molecular complexity index is 887. The third-order valence-corrected chi connectivity index (χ3v) is 4.14. The largest absolute Gasteiger partial charge is 0.462 e. The second-order valence-electron chi connectivity index (χ2n) is 6.71. The van der Waals surface area contributed by atoms with Gasteiger partial charge in [-0.15, -0.1) is 0 Å². The molecule has 0 aromatic heterocycles. The van der Waals surface area contributed by atoms with Crippen molar-refractivity contribution in [1.29, 1.82) is 0 Å². The lowest BCUT2D eigenvalue weighted by molar-refractivity contribution is -0.143. The van der Waals surface area contributed by atoms with Crippen LogP contribution in [0.4, 0.5) is 5.69 Å². The number of aryl methyl sites for hydroxylation is 1. The number of nitrogens with one attached hydrogen (secondary N) is 1. The van der Waals surface area contributed by atoms with Crippen LogP contribution >= 0.6 is 0 Å². The van der Waals surface area contributed by atoms with Crippen LogP contribution in [0, 0.1) is 6.92 Å². The van der Waals surface area contributed by atoms with Gasteiger partial charge in [0.25, 0.3) is 0 Å². The predicted molar refractivity (Wildman–Crippen MR) is 111 cm³/mol. The lowest BCUT2D eigenvalue weighted by Gasteiger charge is -2.07. The van der Waals surface area contributed by atoms with Crippen LogP contribution in [-0.4, -0.2) is 36.8 Å². The maximum absolute atomic E-state index is 12.0. The Hall–Kier alpha value is -3.48. The maximum atomic E-state index is 12.0. The summed E-state index contributed by atoms with van der Waals surface area (Å²) in [7, 11) is 0. The van der Waals surface area contributed by atoms with E-state index in [1.54, 1.807) is 48.5 Å². The molecule has 1 amide bonds.